The molecule has 1 N–H and O–H groups in total. The van der Waals surface area contributed by atoms with Crippen LogP contribution in [0.1, 0.15) is 15.9 Å². The van der Waals surface area contributed by atoms with Crippen LogP contribution in [-0.4, -0.2) is 27.7 Å². The fraction of sp³-hybridized carbons (Fsp3) is 0.0833. The highest BCUT2D eigenvalue weighted by molar-refractivity contribution is 6.36. The van der Waals surface area contributed by atoms with Crippen molar-refractivity contribution in [2.45, 2.75) is 6.54 Å². The van der Waals surface area contributed by atoms with Gasteiger partial charge in [0.15, 0.2) is 0 Å². The molecule has 0 bridgehead atoms. The minimum absolute atomic E-state index is 0.182. The maximum atomic E-state index is 11.7. The first-order valence-corrected chi connectivity index (χ1v) is 10.2. The number of hydrogen-bond donors (Lipinski definition) is 1. The molecular formula is C24H18Cl2N2O3. The van der Waals surface area contributed by atoms with E-state index in [1.807, 2.05) is 41.1 Å². The number of phenols is 1. The number of rotatable bonds is 5. The number of benzene rings is 3. The number of phenolic OH excluding ortho intramolecular Hbond substituents is 1. The molecular weight excluding hydrogens is 435 g/mol. The van der Waals surface area contributed by atoms with Gasteiger partial charge in [0.2, 0.25) is 0 Å². The Bertz CT molecular complexity index is 1230. The van der Waals surface area contributed by atoms with Gasteiger partial charge in [0, 0.05) is 28.9 Å². The van der Waals surface area contributed by atoms with E-state index in [2.05, 4.69) is 0 Å². The van der Waals surface area contributed by atoms with Crippen LogP contribution in [-0.2, 0) is 11.3 Å². The smallest absolute Gasteiger partial charge is 0.337 e. The highest BCUT2D eigenvalue weighted by Crippen LogP contribution is 2.32. The third-order valence-corrected chi connectivity index (χ3v) is 5.38. The summed E-state index contributed by atoms with van der Waals surface area (Å²) in [7, 11) is 1.36. The molecule has 0 aliphatic rings. The van der Waals surface area contributed by atoms with E-state index in [1.54, 1.807) is 36.4 Å². The van der Waals surface area contributed by atoms with E-state index < -0.39 is 0 Å². The quantitative estimate of drug-likeness (QED) is 0.373. The van der Waals surface area contributed by atoms with Crippen molar-refractivity contribution in [3.8, 4) is 28.4 Å². The van der Waals surface area contributed by atoms with Crippen LogP contribution >= 0.6 is 23.2 Å². The van der Waals surface area contributed by atoms with Crippen molar-refractivity contribution in [2.24, 2.45) is 0 Å². The number of carbonyl (C=O) groups excluding carboxylic acids is 1. The molecule has 4 rings (SSSR count). The van der Waals surface area contributed by atoms with Crippen LogP contribution < -0.4 is 0 Å². The maximum absolute atomic E-state index is 11.7. The first kappa shape index (κ1) is 21.0. The highest BCUT2D eigenvalue weighted by Gasteiger charge is 2.15. The zero-order valence-corrected chi connectivity index (χ0v) is 18.1. The molecule has 7 heteroatoms. The number of ether oxygens (including phenoxy) is 1. The minimum Gasteiger partial charge on any atom is -0.508 e. The molecule has 0 aliphatic heterocycles. The summed E-state index contributed by atoms with van der Waals surface area (Å²) in [6.45, 7) is 0.524. The second-order valence-corrected chi connectivity index (χ2v) is 7.78. The van der Waals surface area contributed by atoms with Crippen LogP contribution in [0.15, 0.2) is 72.9 Å². The zero-order valence-electron chi connectivity index (χ0n) is 16.5. The molecule has 0 unspecified atom stereocenters. The predicted molar refractivity (Wildman–Crippen MR) is 122 cm³/mol. The Kier molecular flexibility index (Phi) is 5.98. The van der Waals surface area contributed by atoms with Crippen molar-refractivity contribution < 1.29 is 14.6 Å². The van der Waals surface area contributed by atoms with Gasteiger partial charge < -0.3 is 14.4 Å². The predicted octanol–water partition coefficient (Wildman–Crippen LogP) is 6.06. The molecule has 4 aromatic rings. The lowest BCUT2D eigenvalue weighted by Gasteiger charge is -2.09. The van der Waals surface area contributed by atoms with Gasteiger partial charge in [0.25, 0.3) is 0 Å². The van der Waals surface area contributed by atoms with Crippen LogP contribution in [0.25, 0.3) is 22.6 Å². The average molecular weight is 453 g/mol. The van der Waals surface area contributed by atoms with E-state index in [9.17, 15) is 9.90 Å². The number of aromatic hydroxyl groups is 1. The van der Waals surface area contributed by atoms with E-state index in [0.717, 1.165) is 22.5 Å². The summed E-state index contributed by atoms with van der Waals surface area (Å²) in [5.41, 5.74) is 3.80. The molecule has 3 aromatic carbocycles. The molecule has 5 nitrogen and oxygen atoms in total. The Morgan fingerprint density at radius 1 is 1.03 bits per heavy atom. The SMILES string of the molecule is COC(=O)c1ccc(Cn2cc(-c3ccc(Cl)cc3Cl)nc2-c2ccc(O)cc2)cc1. The minimum atomic E-state index is -0.376. The fourth-order valence-electron chi connectivity index (χ4n) is 3.27. The van der Waals surface area contributed by atoms with E-state index in [1.165, 1.54) is 7.11 Å². The summed E-state index contributed by atoms with van der Waals surface area (Å²) >= 11 is 12.4. The van der Waals surface area contributed by atoms with Crippen molar-refractivity contribution in [3.05, 3.63) is 94.1 Å². The molecule has 0 saturated carbocycles. The molecule has 0 atom stereocenters. The third-order valence-electron chi connectivity index (χ3n) is 4.84. The van der Waals surface area contributed by atoms with Crippen LogP contribution in [0.5, 0.6) is 5.75 Å². The summed E-state index contributed by atoms with van der Waals surface area (Å²) < 4.78 is 6.76. The van der Waals surface area contributed by atoms with Gasteiger partial charge in [0.1, 0.15) is 11.6 Å². The molecule has 156 valence electrons. The zero-order chi connectivity index (χ0) is 22.0. The summed E-state index contributed by atoms with van der Waals surface area (Å²) in [6.07, 6.45) is 1.92. The molecule has 0 spiro atoms. The number of carbonyl (C=O) groups is 1. The van der Waals surface area contributed by atoms with E-state index in [4.69, 9.17) is 32.9 Å². The second-order valence-electron chi connectivity index (χ2n) is 6.94. The van der Waals surface area contributed by atoms with Gasteiger partial charge in [-0.25, -0.2) is 9.78 Å². The molecule has 0 amide bonds. The van der Waals surface area contributed by atoms with E-state index >= 15 is 0 Å². The standard InChI is InChI=1S/C24H18Cl2N2O3/c1-31-24(30)17-4-2-15(3-5-17)13-28-14-22(20-11-8-18(25)12-21(20)26)27-23(28)16-6-9-19(29)10-7-16/h2-12,14,29H,13H2,1H3. The van der Waals surface area contributed by atoms with Gasteiger partial charge in [-0.3, -0.25) is 0 Å². The highest BCUT2D eigenvalue weighted by atomic mass is 35.5. The monoisotopic (exact) mass is 452 g/mol. The van der Waals surface area contributed by atoms with Crippen molar-refractivity contribution in [1.29, 1.82) is 0 Å². The number of methoxy groups -OCH3 is 1. The first-order valence-electron chi connectivity index (χ1n) is 9.44. The van der Waals surface area contributed by atoms with Crippen LogP contribution in [0, 0.1) is 0 Å². The lowest BCUT2D eigenvalue weighted by molar-refractivity contribution is 0.0600. The Hall–Kier alpha value is -3.28. The van der Waals surface area contributed by atoms with Gasteiger partial charge >= 0.3 is 5.97 Å². The molecule has 0 radical (unpaired) electrons. The normalized spacial score (nSPS) is 10.8. The van der Waals surface area contributed by atoms with Crippen LogP contribution in [0.2, 0.25) is 10.0 Å². The van der Waals surface area contributed by atoms with Gasteiger partial charge in [-0.1, -0.05) is 35.3 Å². The van der Waals surface area contributed by atoms with Crippen molar-refractivity contribution >= 4 is 29.2 Å². The molecule has 1 aromatic heterocycles. The maximum Gasteiger partial charge on any atom is 0.337 e. The van der Waals surface area contributed by atoms with Crippen LogP contribution in [0.3, 0.4) is 0 Å². The van der Waals surface area contributed by atoms with Gasteiger partial charge in [-0.2, -0.15) is 0 Å². The molecule has 0 fully saturated rings. The number of esters is 1. The molecule has 0 saturated heterocycles. The van der Waals surface area contributed by atoms with Gasteiger partial charge in [-0.15, -0.1) is 0 Å². The first-order chi connectivity index (χ1) is 14.9. The topological polar surface area (TPSA) is 64.4 Å². The Morgan fingerprint density at radius 3 is 2.39 bits per heavy atom. The Balaban J connectivity index is 1.75. The van der Waals surface area contributed by atoms with Gasteiger partial charge in [0.05, 0.1) is 23.4 Å². The molecule has 31 heavy (non-hydrogen) atoms. The third kappa shape index (κ3) is 4.58. The summed E-state index contributed by atoms with van der Waals surface area (Å²) in [4.78, 5) is 16.5. The number of nitrogens with zero attached hydrogens (tertiary/aromatic N) is 2. The number of imidazole rings is 1. The molecule has 1 heterocycles. The molecule has 0 aliphatic carbocycles. The van der Waals surface area contributed by atoms with E-state index in [-0.39, 0.29) is 11.7 Å². The van der Waals surface area contributed by atoms with Gasteiger partial charge in [-0.05, 0) is 60.2 Å². The lowest BCUT2D eigenvalue weighted by Crippen LogP contribution is -2.03. The summed E-state index contributed by atoms with van der Waals surface area (Å²) in [6, 6.07) is 19.4. The van der Waals surface area contributed by atoms with Crippen molar-refractivity contribution in [3.63, 3.8) is 0 Å². The average Bonchev–Trinajstić information content (AvgIpc) is 3.17. The van der Waals surface area contributed by atoms with Crippen molar-refractivity contribution in [2.75, 3.05) is 7.11 Å². The van der Waals surface area contributed by atoms with Crippen molar-refractivity contribution in [1.82, 2.24) is 9.55 Å². The summed E-state index contributed by atoms with van der Waals surface area (Å²) in [5, 5.41) is 10.7. The van der Waals surface area contributed by atoms with E-state index in [0.29, 0.717) is 27.8 Å². The Morgan fingerprint density at radius 2 is 1.74 bits per heavy atom. The largest absolute Gasteiger partial charge is 0.508 e. The Labute approximate surface area is 189 Å². The number of hydrogen-bond acceptors (Lipinski definition) is 4. The fourth-order valence-corrected chi connectivity index (χ4v) is 3.77. The number of halogens is 2. The number of aromatic nitrogens is 2. The second kappa shape index (κ2) is 8.84. The lowest BCUT2D eigenvalue weighted by atomic mass is 10.1. The summed E-state index contributed by atoms with van der Waals surface area (Å²) in [5.74, 6) is 0.526. The van der Waals surface area contributed by atoms with Crippen LogP contribution in [0.4, 0.5) is 0 Å².